The van der Waals surface area contributed by atoms with Gasteiger partial charge >= 0.3 is 0 Å². The number of nitrogens with zero attached hydrogens (tertiary/aromatic N) is 2. The first-order chi connectivity index (χ1) is 12.6. The van der Waals surface area contributed by atoms with Gasteiger partial charge in [-0.3, -0.25) is 4.90 Å². The lowest BCUT2D eigenvalue weighted by Gasteiger charge is -2.28. The van der Waals surface area contributed by atoms with E-state index in [2.05, 4.69) is 26.7 Å². The highest BCUT2D eigenvalue weighted by molar-refractivity contribution is 7.89. The summed E-state index contributed by atoms with van der Waals surface area (Å²) in [5, 5.41) is 4.37. The molecule has 0 aliphatic carbocycles. The molecule has 6 nitrogen and oxygen atoms in total. The summed E-state index contributed by atoms with van der Waals surface area (Å²) in [5.41, 5.74) is 1.42. The number of quaternary nitrogens is 1. The lowest BCUT2D eigenvalue weighted by Crippen LogP contribution is -3.13. The van der Waals surface area contributed by atoms with Crippen molar-refractivity contribution in [1.29, 1.82) is 0 Å². The highest BCUT2D eigenvalue weighted by Gasteiger charge is 2.30. The van der Waals surface area contributed by atoms with E-state index in [9.17, 15) is 8.42 Å². The topological polar surface area (TPSA) is 59.2 Å². The summed E-state index contributed by atoms with van der Waals surface area (Å²) >= 11 is 1.76. The third kappa shape index (κ3) is 3.78. The van der Waals surface area contributed by atoms with Crippen molar-refractivity contribution in [2.24, 2.45) is 0 Å². The number of hydrogen-bond acceptors (Lipinski definition) is 4. The maximum absolute atomic E-state index is 12.6. The molecule has 0 spiro atoms. The van der Waals surface area contributed by atoms with Crippen molar-refractivity contribution < 1.29 is 18.3 Å². The minimum Gasteiger partial charge on any atom is -0.325 e. The molecule has 2 aromatic rings. The van der Waals surface area contributed by atoms with E-state index in [1.54, 1.807) is 32.8 Å². The molecular weight excluding hydrogens is 368 g/mol. The van der Waals surface area contributed by atoms with Gasteiger partial charge in [0.1, 0.15) is 43.8 Å². The highest BCUT2D eigenvalue weighted by Crippen LogP contribution is 2.20. The van der Waals surface area contributed by atoms with Gasteiger partial charge in [-0.05, 0) is 35.7 Å². The van der Waals surface area contributed by atoms with Gasteiger partial charge in [0, 0.05) is 24.7 Å². The van der Waals surface area contributed by atoms with Crippen LogP contribution in [0.5, 0.6) is 0 Å². The Morgan fingerprint density at radius 3 is 2.46 bits per heavy atom. The van der Waals surface area contributed by atoms with Gasteiger partial charge in [0.25, 0.3) is 5.82 Å². The van der Waals surface area contributed by atoms with E-state index in [0.29, 0.717) is 18.0 Å². The molecule has 2 saturated heterocycles. The molecule has 0 unspecified atom stereocenters. The van der Waals surface area contributed by atoms with Crippen molar-refractivity contribution >= 4 is 27.2 Å². The Bertz CT molecular complexity index is 807. The average molecular weight is 395 g/mol. The van der Waals surface area contributed by atoms with E-state index in [1.807, 2.05) is 6.07 Å². The van der Waals surface area contributed by atoms with E-state index in [1.165, 1.54) is 5.56 Å². The first kappa shape index (κ1) is 17.9. The molecule has 2 fully saturated rings. The van der Waals surface area contributed by atoms with E-state index in [-0.39, 0.29) is 0 Å². The summed E-state index contributed by atoms with van der Waals surface area (Å²) in [6.07, 6.45) is 3.56. The first-order valence-electron chi connectivity index (χ1n) is 9.24. The summed E-state index contributed by atoms with van der Waals surface area (Å²) in [6.45, 7) is 6.52. The number of thiophene rings is 1. The minimum absolute atomic E-state index is 0.366. The van der Waals surface area contributed by atoms with Gasteiger partial charge in [-0.1, -0.05) is 0 Å². The largest absolute Gasteiger partial charge is 0.325 e. The smallest absolute Gasteiger partial charge is 0.274 e. The standard InChI is InChI=1S/C18H24N4O2S2/c23-26(24,22-6-1-2-7-22)17-3-4-18(19-13-17)21-10-8-20(9-11-21)14-16-5-12-25-15-16/h3-5,12-13,15H,1-2,6-11,14H2/p+2. The Balaban J connectivity index is 1.37. The second kappa shape index (κ2) is 7.64. The van der Waals surface area contributed by atoms with Crippen LogP contribution in [-0.4, -0.2) is 52.0 Å². The van der Waals surface area contributed by atoms with Crippen molar-refractivity contribution in [3.63, 3.8) is 0 Å². The first-order valence-corrected chi connectivity index (χ1v) is 11.6. The Kier molecular flexibility index (Phi) is 5.26. The fourth-order valence-corrected chi connectivity index (χ4v) is 5.91. The third-order valence-corrected chi connectivity index (χ3v) is 7.94. The lowest BCUT2D eigenvalue weighted by atomic mass is 10.2. The van der Waals surface area contributed by atoms with Crippen LogP contribution in [0.15, 0.2) is 40.1 Å². The van der Waals surface area contributed by atoms with Crippen molar-refractivity contribution in [3.05, 3.63) is 40.7 Å². The van der Waals surface area contributed by atoms with Crippen molar-refractivity contribution in [1.82, 2.24) is 4.31 Å². The molecule has 0 saturated carbocycles. The number of rotatable bonds is 5. The molecular formula is C18H26N4O2S2+2. The van der Waals surface area contributed by atoms with Crippen molar-refractivity contribution in [3.8, 4) is 0 Å². The number of piperazine rings is 1. The predicted molar refractivity (Wildman–Crippen MR) is 102 cm³/mol. The molecule has 0 amide bonds. The number of pyridine rings is 1. The Labute approximate surface area is 159 Å². The number of hydrogen-bond donors (Lipinski definition) is 1. The second-order valence-electron chi connectivity index (χ2n) is 7.07. The predicted octanol–water partition coefficient (Wildman–Crippen LogP) is 0.252. The van der Waals surface area contributed by atoms with Crippen LogP contribution in [0.1, 0.15) is 18.4 Å². The van der Waals surface area contributed by atoms with E-state index in [0.717, 1.165) is 51.4 Å². The molecule has 2 aromatic heterocycles. The zero-order valence-corrected chi connectivity index (χ0v) is 16.5. The van der Waals surface area contributed by atoms with Gasteiger partial charge in [0.05, 0.1) is 0 Å². The molecule has 140 valence electrons. The summed E-state index contributed by atoms with van der Waals surface area (Å²) in [7, 11) is -3.34. The third-order valence-electron chi connectivity index (χ3n) is 5.32. The molecule has 2 aliphatic rings. The SMILES string of the molecule is O=S(=O)(c1ccc(N2CC[NH+](Cc3ccsc3)CC2)[nH+]c1)N1CCCC1. The summed E-state index contributed by atoms with van der Waals surface area (Å²) in [5.74, 6) is 1.000. The van der Waals surface area contributed by atoms with E-state index in [4.69, 9.17) is 0 Å². The van der Waals surface area contributed by atoms with Crippen molar-refractivity contribution in [2.75, 3.05) is 44.2 Å². The molecule has 4 rings (SSSR count). The zero-order chi connectivity index (χ0) is 18.0. The minimum atomic E-state index is -3.34. The van der Waals surface area contributed by atoms with Crippen LogP contribution in [0, 0.1) is 0 Å². The molecule has 0 radical (unpaired) electrons. The van der Waals surface area contributed by atoms with Crippen LogP contribution in [0.3, 0.4) is 0 Å². The van der Waals surface area contributed by atoms with Crippen LogP contribution in [0.4, 0.5) is 5.82 Å². The fourth-order valence-electron chi connectivity index (χ4n) is 3.76. The van der Waals surface area contributed by atoms with Gasteiger partial charge in [-0.2, -0.15) is 15.6 Å². The number of nitrogens with one attached hydrogen (secondary N) is 2. The molecule has 2 aliphatic heterocycles. The van der Waals surface area contributed by atoms with Crippen LogP contribution in [-0.2, 0) is 16.6 Å². The Morgan fingerprint density at radius 1 is 1.08 bits per heavy atom. The monoisotopic (exact) mass is 394 g/mol. The zero-order valence-electron chi connectivity index (χ0n) is 14.9. The Morgan fingerprint density at radius 2 is 1.85 bits per heavy atom. The highest BCUT2D eigenvalue weighted by atomic mass is 32.2. The number of aromatic nitrogens is 1. The van der Waals surface area contributed by atoms with Crippen LogP contribution < -0.4 is 14.8 Å². The quantitative estimate of drug-likeness (QED) is 0.791. The molecule has 0 atom stereocenters. The van der Waals surface area contributed by atoms with Gasteiger partial charge in [-0.25, -0.2) is 13.4 Å². The normalized spacial score (nSPS) is 19.9. The number of anilines is 1. The van der Waals surface area contributed by atoms with Crippen LogP contribution in [0.25, 0.3) is 0 Å². The number of aromatic amines is 1. The molecule has 2 N–H and O–H groups in total. The van der Waals surface area contributed by atoms with Crippen LogP contribution in [0.2, 0.25) is 0 Å². The molecule has 8 heteroatoms. The number of sulfonamides is 1. The maximum atomic E-state index is 12.6. The van der Waals surface area contributed by atoms with Gasteiger partial charge in [0.2, 0.25) is 10.0 Å². The maximum Gasteiger partial charge on any atom is 0.274 e. The average Bonchev–Trinajstić information content (AvgIpc) is 3.37. The van der Waals surface area contributed by atoms with E-state index < -0.39 is 10.0 Å². The summed E-state index contributed by atoms with van der Waals surface area (Å²) in [6, 6.07) is 5.86. The number of H-pyrrole nitrogens is 1. The van der Waals surface area contributed by atoms with Gasteiger partial charge in [-0.15, -0.1) is 0 Å². The molecule has 0 bridgehead atoms. The molecule has 0 aromatic carbocycles. The summed E-state index contributed by atoms with van der Waals surface area (Å²) < 4.78 is 26.8. The van der Waals surface area contributed by atoms with Gasteiger partial charge in [0.15, 0.2) is 0 Å². The Hall–Kier alpha value is -1.48. The second-order valence-corrected chi connectivity index (χ2v) is 9.78. The van der Waals surface area contributed by atoms with E-state index >= 15 is 0 Å². The van der Waals surface area contributed by atoms with Crippen LogP contribution >= 0.6 is 11.3 Å². The lowest BCUT2D eigenvalue weighted by molar-refractivity contribution is -0.914. The molecule has 4 heterocycles. The fraction of sp³-hybridized carbons (Fsp3) is 0.500. The van der Waals surface area contributed by atoms with Gasteiger partial charge < -0.3 is 4.90 Å². The molecule has 26 heavy (non-hydrogen) atoms. The van der Waals surface area contributed by atoms with Crippen molar-refractivity contribution in [2.45, 2.75) is 24.3 Å². The summed E-state index contributed by atoms with van der Waals surface area (Å²) in [4.78, 5) is 7.49.